The Labute approximate surface area is 133 Å². The van der Waals surface area contributed by atoms with E-state index in [9.17, 15) is 9.59 Å². The third-order valence-corrected chi connectivity index (χ3v) is 4.11. The van der Waals surface area contributed by atoms with Crippen LogP contribution in [0.2, 0.25) is 0 Å². The summed E-state index contributed by atoms with van der Waals surface area (Å²) in [6, 6.07) is 1.85. The Bertz CT molecular complexity index is 808. The number of hydrogen-bond acceptors (Lipinski definition) is 6. The van der Waals surface area contributed by atoms with Crippen molar-refractivity contribution in [2.45, 2.75) is 26.8 Å². The number of aromatic amines is 2. The molecule has 1 aliphatic rings. The number of nitrogens with one attached hydrogen (secondary N) is 2. The maximum Gasteiger partial charge on any atom is 0.325 e. The van der Waals surface area contributed by atoms with Crippen LogP contribution in [0.1, 0.15) is 25.1 Å². The van der Waals surface area contributed by atoms with Gasteiger partial charge in [-0.05, 0) is 26.3 Å². The van der Waals surface area contributed by atoms with Gasteiger partial charge in [0.05, 0.1) is 6.54 Å². The van der Waals surface area contributed by atoms with E-state index in [-0.39, 0.29) is 5.56 Å². The Kier molecular flexibility index (Phi) is 4.14. The number of nitrogens with zero attached hydrogens (tertiary/aromatic N) is 4. The van der Waals surface area contributed by atoms with Gasteiger partial charge in [-0.3, -0.25) is 9.78 Å². The van der Waals surface area contributed by atoms with Crippen molar-refractivity contribution in [2.75, 3.05) is 29.4 Å². The minimum atomic E-state index is -0.470. The molecule has 0 saturated carbocycles. The van der Waals surface area contributed by atoms with Gasteiger partial charge in [0.25, 0.3) is 5.56 Å². The van der Waals surface area contributed by atoms with Gasteiger partial charge in [-0.25, -0.2) is 9.78 Å². The fraction of sp³-hybridized carbons (Fsp3) is 0.467. The molecule has 0 atom stereocenters. The van der Waals surface area contributed by atoms with Crippen LogP contribution in [0.25, 0.3) is 0 Å². The summed E-state index contributed by atoms with van der Waals surface area (Å²) in [6.07, 6.45) is 2.32. The van der Waals surface area contributed by atoms with Crippen molar-refractivity contribution in [1.29, 1.82) is 0 Å². The van der Waals surface area contributed by atoms with Crippen molar-refractivity contribution in [1.82, 2.24) is 19.9 Å². The lowest BCUT2D eigenvalue weighted by molar-refractivity contribution is 0.679. The molecular formula is C15H20N6O2. The summed E-state index contributed by atoms with van der Waals surface area (Å²) in [4.78, 5) is 41.4. The fourth-order valence-electron chi connectivity index (χ4n) is 2.85. The van der Waals surface area contributed by atoms with E-state index < -0.39 is 5.69 Å². The summed E-state index contributed by atoms with van der Waals surface area (Å²) < 4.78 is 0. The summed E-state index contributed by atoms with van der Waals surface area (Å²) in [6.45, 7) is 6.94. The highest BCUT2D eigenvalue weighted by molar-refractivity contribution is 5.45. The van der Waals surface area contributed by atoms with Crippen LogP contribution in [0.3, 0.4) is 0 Å². The van der Waals surface area contributed by atoms with Crippen LogP contribution in [0.15, 0.2) is 21.9 Å². The van der Waals surface area contributed by atoms with Crippen LogP contribution < -0.4 is 21.0 Å². The third-order valence-electron chi connectivity index (χ3n) is 4.11. The maximum absolute atomic E-state index is 11.8. The molecule has 0 fully saturated rings. The van der Waals surface area contributed by atoms with E-state index >= 15 is 0 Å². The van der Waals surface area contributed by atoms with Crippen molar-refractivity contribution < 1.29 is 0 Å². The molecule has 8 heteroatoms. The molecule has 1 aliphatic heterocycles. The lowest BCUT2D eigenvalue weighted by Gasteiger charge is -2.29. The van der Waals surface area contributed by atoms with E-state index in [1.54, 1.807) is 6.20 Å². The minimum absolute atomic E-state index is 0.296. The van der Waals surface area contributed by atoms with Crippen LogP contribution in [0.4, 0.5) is 11.8 Å². The van der Waals surface area contributed by atoms with Crippen molar-refractivity contribution in [3.63, 3.8) is 0 Å². The SMILES string of the molecule is CCN(CC)c1nccc(N2CCc3c([nH]c(=O)[nH]c3=O)C2)n1. The molecule has 2 aromatic heterocycles. The highest BCUT2D eigenvalue weighted by Gasteiger charge is 2.21. The largest absolute Gasteiger partial charge is 0.350 e. The number of aromatic nitrogens is 4. The van der Waals surface area contributed by atoms with Gasteiger partial charge in [0.1, 0.15) is 5.82 Å². The second-order valence-electron chi connectivity index (χ2n) is 5.42. The van der Waals surface area contributed by atoms with Crippen molar-refractivity contribution in [3.8, 4) is 0 Å². The maximum atomic E-state index is 11.8. The topological polar surface area (TPSA) is 98.0 Å². The number of anilines is 2. The van der Waals surface area contributed by atoms with Gasteiger partial charge in [-0.1, -0.05) is 0 Å². The number of fused-ring (bicyclic) bond motifs is 1. The second-order valence-corrected chi connectivity index (χ2v) is 5.42. The molecule has 2 aromatic rings. The number of H-pyrrole nitrogens is 2. The standard InChI is InChI=1S/C15H20N6O2/c1-3-20(4-2)14-16-7-5-12(18-14)21-8-6-10-11(9-21)17-15(23)19-13(10)22/h5,7H,3-4,6,8-9H2,1-2H3,(H2,17,19,22,23). The summed E-state index contributed by atoms with van der Waals surface area (Å²) in [5, 5.41) is 0. The van der Waals surface area contributed by atoms with Crippen LogP contribution in [-0.2, 0) is 13.0 Å². The van der Waals surface area contributed by atoms with Crippen molar-refractivity contribution >= 4 is 11.8 Å². The van der Waals surface area contributed by atoms with Crippen molar-refractivity contribution in [3.05, 3.63) is 44.4 Å². The molecule has 0 spiro atoms. The molecule has 0 radical (unpaired) electrons. The molecule has 23 heavy (non-hydrogen) atoms. The summed E-state index contributed by atoms with van der Waals surface area (Å²) in [5.74, 6) is 1.49. The Morgan fingerprint density at radius 2 is 2.04 bits per heavy atom. The first kappa shape index (κ1) is 15.3. The normalized spacial score (nSPS) is 13.7. The molecule has 8 nitrogen and oxygen atoms in total. The lowest BCUT2D eigenvalue weighted by Crippen LogP contribution is -2.39. The predicted octanol–water partition coefficient (Wildman–Crippen LogP) is 0.262. The minimum Gasteiger partial charge on any atom is -0.350 e. The molecule has 0 amide bonds. The quantitative estimate of drug-likeness (QED) is 0.840. The third kappa shape index (κ3) is 2.96. The zero-order valence-corrected chi connectivity index (χ0v) is 13.3. The lowest BCUT2D eigenvalue weighted by atomic mass is 10.1. The van der Waals surface area contributed by atoms with Crippen molar-refractivity contribution in [2.24, 2.45) is 0 Å². The van der Waals surface area contributed by atoms with E-state index in [4.69, 9.17) is 0 Å². The van der Waals surface area contributed by atoms with E-state index in [1.807, 2.05) is 11.0 Å². The molecule has 0 aromatic carbocycles. The van der Waals surface area contributed by atoms with Gasteiger partial charge in [0, 0.05) is 37.1 Å². The molecule has 3 heterocycles. The molecule has 0 saturated heterocycles. The van der Waals surface area contributed by atoms with Gasteiger partial charge >= 0.3 is 5.69 Å². The first-order chi connectivity index (χ1) is 11.1. The summed E-state index contributed by atoms with van der Waals surface area (Å²) >= 11 is 0. The van der Waals surface area contributed by atoms with Gasteiger partial charge < -0.3 is 14.8 Å². The van der Waals surface area contributed by atoms with E-state index in [2.05, 4.69) is 38.7 Å². The molecule has 2 N–H and O–H groups in total. The van der Waals surface area contributed by atoms with Gasteiger partial charge in [-0.15, -0.1) is 0 Å². The van der Waals surface area contributed by atoms with Gasteiger partial charge in [-0.2, -0.15) is 4.98 Å². The van der Waals surface area contributed by atoms with Gasteiger partial charge in [0.2, 0.25) is 5.95 Å². The molecule has 3 rings (SSSR count). The Balaban J connectivity index is 1.90. The predicted molar refractivity (Wildman–Crippen MR) is 88.0 cm³/mol. The second kappa shape index (κ2) is 6.23. The molecular weight excluding hydrogens is 296 g/mol. The van der Waals surface area contributed by atoms with E-state index in [0.717, 1.165) is 18.9 Å². The first-order valence-corrected chi connectivity index (χ1v) is 7.79. The molecule has 122 valence electrons. The summed E-state index contributed by atoms with van der Waals surface area (Å²) in [7, 11) is 0. The van der Waals surface area contributed by atoms with Crippen LogP contribution in [-0.4, -0.2) is 39.6 Å². The zero-order valence-electron chi connectivity index (χ0n) is 13.3. The van der Waals surface area contributed by atoms with Gasteiger partial charge in [0.15, 0.2) is 0 Å². The monoisotopic (exact) mass is 316 g/mol. The Hall–Kier alpha value is -2.64. The highest BCUT2D eigenvalue weighted by atomic mass is 16.2. The Morgan fingerprint density at radius 3 is 2.78 bits per heavy atom. The smallest absolute Gasteiger partial charge is 0.325 e. The Morgan fingerprint density at radius 1 is 1.26 bits per heavy atom. The van der Waals surface area contributed by atoms with E-state index in [1.165, 1.54) is 0 Å². The number of hydrogen-bond donors (Lipinski definition) is 2. The molecule has 0 unspecified atom stereocenters. The highest BCUT2D eigenvalue weighted by Crippen LogP contribution is 2.20. The first-order valence-electron chi connectivity index (χ1n) is 7.79. The average molecular weight is 316 g/mol. The van der Waals surface area contributed by atoms with Crippen LogP contribution in [0.5, 0.6) is 0 Å². The fourth-order valence-corrected chi connectivity index (χ4v) is 2.85. The molecule has 0 bridgehead atoms. The molecule has 0 aliphatic carbocycles. The average Bonchev–Trinajstić information content (AvgIpc) is 2.55. The van der Waals surface area contributed by atoms with Crippen LogP contribution >= 0.6 is 0 Å². The van der Waals surface area contributed by atoms with Crippen LogP contribution in [0, 0.1) is 0 Å². The van der Waals surface area contributed by atoms with E-state index in [0.29, 0.717) is 36.7 Å². The summed E-state index contributed by atoms with van der Waals surface area (Å²) in [5.41, 5.74) is 0.545. The number of rotatable bonds is 4. The zero-order chi connectivity index (χ0) is 16.4.